The third-order valence-electron chi connectivity index (χ3n) is 8.20. The number of hydrogen-bond acceptors (Lipinski definition) is 6. The quantitative estimate of drug-likeness (QED) is 0.258. The molecule has 2 aromatic carbocycles. The SMILES string of the molecule is COCCCn1c(C2CCCN(C(=O)CC(N)Cc3ccc(-c4cnc(OC)nc4)cc3)C2)c(C)c2ccccc21. The van der Waals surface area contributed by atoms with Crippen LogP contribution in [0.25, 0.3) is 22.0 Å². The maximum atomic E-state index is 13.4. The van der Waals surface area contributed by atoms with Crippen molar-refractivity contribution in [1.29, 1.82) is 0 Å². The summed E-state index contributed by atoms with van der Waals surface area (Å²) in [5.74, 6) is 0.460. The molecule has 0 aliphatic carbocycles. The standard InChI is InChI=1S/C33H41N5O3/c1-23-29-9-4-5-10-30(29)38(16-7-17-40-2)32(23)26-8-6-15-37(22-26)31(39)19-28(34)18-24-11-13-25(14-12-24)27-20-35-33(41-3)36-21-27/h4-5,9-14,20-21,26,28H,6-8,15-19,22,34H2,1-3H3. The van der Waals surface area contributed by atoms with Crippen molar-refractivity contribution in [3.63, 3.8) is 0 Å². The van der Waals surface area contributed by atoms with Crippen molar-refractivity contribution in [2.24, 2.45) is 5.73 Å². The van der Waals surface area contributed by atoms with Crippen LogP contribution in [0, 0.1) is 6.92 Å². The molecule has 216 valence electrons. The molecule has 5 rings (SSSR count). The van der Waals surface area contributed by atoms with Crippen LogP contribution in [0.15, 0.2) is 60.9 Å². The van der Waals surface area contributed by atoms with E-state index >= 15 is 0 Å². The lowest BCUT2D eigenvalue weighted by atomic mass is 9.91. The number of methoxy groups -OCH3 is 2. The Hall–Kier alpha value is -3.75. The van der Waals surface area contributed by atoms with E-state index in [0.717, 1.165) is 62.2 Å². The largest absolute Gasteiger partial charge is 0.467 e. The Kier molecular flexibility index (Phi) is 9.31. The number of carbonyl (C=O) groups excluding carboxylic acids is 1. The Morgan fingerprint density at radius 3 is 2.56 bits per heavy atom. The molecule has 1 aliphatic heterocycles. The van der Waals surface area contributed by atoms with E-state index in [1.807, 2.05) is 17.0 Å². The predicted octanol–water partition coefficient (Wildman–Crippen LogP) is 5.12. The summed E-state index contributed by atoms with van der Waals surface area (Å²) in [7, 11) is 3.30. The van der Waals surface area contributed by atoms with Crippen LogP contribution >= 0.6 is 0 Å². The molecule has 8 heteroatoms. The van der Waals surface area contributed by atoms with Gasteiger partial charge in [-0.2, -0.15) is 0 Å². The summed E-state index contributed by atoms with van der Waals surface area (Å²) in [5.41, 5.74) is 13.5. The molecule has 0 bridgehead atoms. The van der Waals surface area contributed by atoms with Gasteiger partial charge in [0.05, 0.1) is 7.11 Å². The number of para-hydroxylation sites is 1. The van der Waals surface area contributed by atoms with E-state index in [4.69, 9.17) is 15.2 Å². The molecule has 4 aromatic rings. The first kappa shape index (κ1) is 28.8. The molecule has 1 saturated heterocycles. The molecule has 0 saturated carbocycles. The van der Waals surface area contributed by atoms with Crippen LogP contribution in [0.3, 0.4) is 0 Å². The van der Waals surface area contributed by atoms with E-state index in [1.165, 1.54) is 22.2 Å². The molecule has 8 nitrogen and oxygen atoms in total. The fraction of sp³-hybridized carbons (Fsp3) is 0.424. The van der Waals surface area contributed by atoms with Gasteiger partial charge in [0.2, 0.25) is 5.91 Å². The van der Waals surface area contributed by atoms with Gasteiger partial charge in [-0.05, 0) is 55.4 Å². The molecule has 1 fully saturated rings. The molecule has 2 aromatic heterocycles. The number of rotatable bonds is 11. The average Bonchev–Trinajstić information content (AvgIpc) is 3.29. The van der Waals surface area contributed by atoms with Gasteiger partial charge in [0, 0.05) is 86.3 Å². The number of carbonyl (C=O) groups is 1. The zero-order valence-electron chi connectivity index (χ0n) is 24.4. The third-order valence-corrected chi connectivity index (χ3v) is 8.20. The van der Waals surface area contributed by atoms with Crippen LogP contribution in [0.2, 0.25) is 0 Å². The minimum absolute atomic E-state index is 0.147. The molecule has 2 N–H and O–H groups in total. The molecule has 2 atom stereocenters. The van der Waals surface area contributed by atoms with Gasteiger partial charge in [-0.25, -0.2) is 9.97 Å². The molecular weight excluding hydrogens is 514 g/mol. The van der Waals surface area contributed by atoms with Crippen LogP contribution in [0.1, 0.15) is 48.4 Å². The number of aromatic nitrogens is 3. The predicted molar refractivity (Wildman–Crippen MR) is 162 cm³/mol. The number of aryl methyl sites for hydroxylation is 2. The number of likely N-dealkylation sites (tertiary alicyclic amines) is 1. The maximum absolute atomic E-state index is 13.4. The number of nitrogens with two attached hydrogens (primary N) is 1. The summed E-state index contributed by atoms with van der Waals surface area (Å²) < 4.78 is 12.9. The highest BCUT2D eigenvalue weighted by Gasteiger charge is 2.29. The van der Waals surface area contributed by atoms with Gasteiger partial charge < -0.3 is 24.7 Å². The lowest BCUT2D eigenvalue weighted by Gasteiger charge is -2.34. The molecule has 3 heterocycles. The smallest absolute Gasteiger partial charge is 0.316 e. The fourth-order valence-electron chi connectivity index (χ4n) is 6.19. The van der Waals surface area contributed by atoms with E-state index in [0.29, 0.717) is 24.8 Å². The van der Waals surface area contributed by atoms with Crippen molar-refractivity contribution in [2.75, 3.05) is 33.9 Å². The van der Waals surface area contributed by atoms with Gasteiger partial charge in [0.25, 0.3) is 0 Å². The molecule has 0 spiro atoms. The van der Waals surface area contributed by atoms with Crippen LogP contribution in [0.5, 0.6) is 6.01 Å². The summed E-state index contributed by atoms with van der Waals surface area (Å²) in [6.45, 7) is 5.41. The van der Waals surface area contributed by atoms with E-state index in [-0.39, 0.29) is 11.9 Å². The van der Waals surface area contributed by atoms with Gasteiger partial charge in [0.1, 0.15) is 0 Å². The second-order valence-electron chi connectivity index (χ2n) is 11.0. The summed E-state index contributed by atoms with van der Waals surface area (Å²) in [4.78, 5) is 23.8. The Balaban J connectivity index is 1.22. The lowest BCUT2D eigenvalue weighted by Crippen LogP contribution is -2.42. The van der Waals surface area contributed by atoms with Gasteiger partial charge >= 0.3 is 6.01 Å². The van der Waals surface area contributed by atoms with Crippen LogP contribution in [-0.2, 0) is 22.5 Å². The topological polar surface area (TPSA) is 95.5 Å². The maximum Gasteiger partial charge on any atom is 0.316 e. The molecule has 1 amide bonds. The Bertz CT molecular complexity index is 1450. The summed E-state index contributed by atoms with van der Waals surface area (Å²) in [5, 5.41) is 1.30. The number of hydrogen-bond donors (Lipinski definition) is 1. The number of fused-ring (bicyclic) bond motifs is 1. The summed E-state index contributed by atoms with van der Waals surface area (Å²) in [6.07, 6.45) is 7.53. The molecule has 41 heavy (non-hydrogen) atoms. The fourth-order valence-corrected chi connectivity index (χ4v) is 6.19. The van der Waals surface area contributed by atoms with E-state index in [2.05, 4.69) is 57.9 Å². The van der Waals surface area contributed by atoms with Gasteiger partial charge in [-0.3, -0.25) is 4.79 Å². The highest BCUT2D eigenvalue weighted by molar-refractivity contribution is 5.85. The van der Waals surface area contributed by atoms with Crippen molar-refractivity contribution in [1.82, 2.24) is 19.4 Å². The number of nitrogens with zero attached hydrogens (tertiary/aromatic N) is 4. The lowest BCUT2D eigenvalue weighted by molar-refractivity contribution is -0.132. The highest BCUT2D eigenvalue weighted by atomic mass is 16.5. The second-order valence-corrected chi connectivity index (χ2v) is 11.0. The average molecular weight is 556 g/mol. The third kappa shape index (κ3) is 6.60. The van der Waals surface area contributed by atoms with E-state index in [9.17, 15) is 4.79 Å². The number of amides is 1. The first-order chi connectivity index (χ1) is 20.0. The number of ether oxygens (including phenoxy) is 2. The minimum atomic E-state index is -0.236. The van der Waals surface area contributed by atoms with Crippen LogP contribution < -0.4 is 10.5 Å². The first-order valence-corrected chi connectivity index (χ1v) is 14.5. The second kappa shape index (κ2) is 13.3. The van der Waals surface area contributed by atoms with Gasteiger partial charge in [0.15, 0.2) is 0 Å². The Morgan fingerprint density at radius 1 is 1.07 bits per heavy atom. The zero-order chi connectivity index (χ0) is 28.8. The van der Waals surface area contributed by atoms with E-state index < -0.39 is 0 Å². The highest BCUT2D eigenvalue weighted by Crippen LogP contribution is 2.36. The zero-order valence-corrected chi connectivity index (χ0v) is 24.4. The summed E-state index contributed by atoms with van der Waals surface area (Å²) in [6, 6.07) is 17.0. The molecular formula is C33H41N5O3. The van der Waals surface area contributed by atoms with Crippen molar-refractivity contribution in [2.45, 2.75) is 57.5 Å². The molecule has 0 radical (unpaired) electrons. The van der Waals surface area contributed by atoms with Crippen molar-refractivity contribution in [3.05, 3.63) is 77.7 Å². The first-order valence-electron chi connectivity index (χ1n) is 14.5. The van der Waals surface area contributed by atoms with Crippen molar-refractivity contribution < 1.29 is 14.3 Å². The number of benzene rings is 2. The number of piperidine rings is 1. The Labute approximate surface area is 242 Å². The van der Waals surface area contributed by atoms with Crippen LogP contribution in [0.4, 0.5) is 0 Å². The van der Waals surface area contributed by atoms with Gasteiger partial charge in [-0.15, -0.1) is 0 Å². The molecule has 1 aliphatic rings. The normalized spacial score (nSPS) is 16.2. The van der Waals surface area contributed by atoms with Gasteiger partial charge in [-0.1, -0.05) is 42.5 Å². The monoisotopic (exact) mass is 555 g/mol. The van der Waals surface area contributed by atoms with Crippen molar-refractivity contribution in [3.8, 4) is 17.1 Å². The van der Waals surface area contributed by atoms with Crippen molar-refractivity contribution >= 4 is 16.8 Å². The van der Waals surface area contributed by atoms with E-state index in [1.54, 1.807) is 26.6 Å². The summed E-state index contributed by atoms with van der Waals surface area (Å²) >= 11 is 0. The minimum Gasteiger partial charge on any atom is -0.467 e. The molecule has 2 unspecified atom stereocenters. The Morgan fingerprint density at radius 2 is 1.83 bits per heavy atom. The van der Waals surface area contributed by atoms with Crippen LogP contribution in [-0.4, -0.2) is 65.3 Å².